The van der Waals surface area contributed by atoms with Crippen molar-refractivity contribution in [2.75, 3.05) is 36.5 Å². The molecule has 0 saturated carbocycles. The van der Waals surface area contributed by atoms with Crippen LogP contribution < -0.4 is 10.2 Å². The standard InChI is InChI=1S/C25H23F5N4O2/c1-24(26,27)21-8-7-17(15-31-21)33-23(35)22-20(34-9-4-11-36-12-10-34)13-16(14-32-22)18-5-2-3-6-19(18)25(28,29)30/h2-3,5-8,13-15H,4,9-12H2,1H3,(H,33,35). The third kappa shape index (κ3) is 5.78. The maximum Gasteiger partial charge on any atom is 0.417 e. The van der Waals surface area contributed by atoms with Crippen LogP contribution in [0.2, 0.25) is 0 Å². The highest BCUT2D eigenvalue weighted by atomic mass is 19.4. The predicted octanol–water partition coefficient (Wildman–Crippen LogP) is 5.75. The van der Waals surface area contributed by atoms with E-state index in [2.05, 4.69) is 15.3 Å². The van der Waals surface area contributed by atoms with Crippen molar-refractivity contribution in [1.82, 2.24) is 9.97 Å². The number of pyridine rings is 2. The second-order valence-electron chi connectivity index (χ2n) is 8.36. The Kier molecular flexibility index (Phi) is 7.21. The number of alkyl halides is 5. The first-order valence-electron chi connectivity index (χ1n) is 11.2. The topological polar surface area (TPSA) is 67.4 Å². The molecule has 0 spiro atoms. The fourth-order valence-corrected chi connectivity index (χ4v) is 3.90. The van der Waals surface area contributed by atoms with Crippen LogP contribution in [0.15, 0.2) is 54.9 Å². The van der Waals surface area contributed by atoms with Crippen LogP contribution in [0, 0.1) is 0 Å². The van der Waals surface area contributed by atoms with Gasteiger partial charge in [0, 0.05) is 38.4 Å². The van der Waals surface area contributed by atoms with Crippen molar-refractivity contribution in [3.05, 3.63) is 71.8 Å². The van der Waals surface area contributed by atoms with Gasteiger partial charge in [-0.25, -0.2) is 4.98 Å². The predicted molar refractivity (Wildman–Crippen MR) is 124 cm³/mol. The summed E-state index contributed by atoms with van der Waals surface area (Å²) in [6, 6.07) is 9.07. The Morgan fingerprint density at radius 1 is 1.00 bits per heavy atom. The zero-order valence-corrected chi connectivity index (χ0v) is 19.3. The molecule has 0 radical (unpaired) electrons. The van der Waals surface area contributed by atoms with Crippen molar-refractivity contribution in [2.45, 2.75) is 25.4 Å². The molecule has 11 heteroatoms. The first-order valence-corrected chi connectivity index (χ1v) is 11.2. The summed E-state index contributed by atoms with van der Waals surface area (Å²) in [4.78, 5) is 22.9. The fourth-order valence-electron chi connectivity index (χ4n) is 3.90. The van der Waals surface area contributed by atoms with E-state index in [1.165, 1.54) is 36.5 Å². The first kappa shape index (κ1) is 25.5. The van der Waals surface area contributed by atoms with Crippen LogP contribution in [-0.2, 0) is 16.8 Å². The van der Waals surface area contributed by atoms with E-state index in [4.69, 9.17) is 4.74 Å². The SMILES string of the molecule is CC(F)(F)c1ccc(NC(=O)c2ncc(-c3ccccc3C(F)(F)F)cc2N2CCCOCC2)cn1. The van der Waals surface area contributed by atoms with Crippen molar-refractivity contribution < 1.29 is 31.5 Å². The summed E-state index contributed by atoms with van der Waals surface area (Å²) in [7, 11) is 0. The van der Waals surface area contributed by atoms with Gasteiger partial charge in [0.05, 0.1) is 29.7 Å². The minimum atomic E-state index is -4.57. The Hall–Kier alpha value is -3.60. The average Bonchev–Trinajstić information content (AvgIpc) is 3.12. The summed E-state index contributed by atoms with van der Waals surface area (Å²) in [6.45, 7) is 2.53. The summed E-state index contributed by atoms with van der Waals surface area (Å²) in [5.74, 6) is -3.78. The molecule has 1 amide bonds. The minimum absolute atomic E-state index is 0.0185. The van der Waals surface area contributed by atoms with E-state index in [9.17, 15) is 26.7 Å². The first-order chi connectivity index (χ1) is 17.0. The molecule has 1 aliphatic rings. The van der Waals surface area contributed by atoms with Crippen LogP contribution in [0.4, 0.5) is 33.3 Å². The summed E-state index contributed by atoms with van der Waals surface area (Å²) in [5, 5.41) is 2.58. The van der Waals surface area contributed by atoms with Crippen molar-refractivity contribution in [1.29, 1.82) is 0 Å². The molecule has 190 valence electrons. The van der Waals surface area contributed by atoms with Gasteiger partial charge >= 0.3 is 6.18 Å². The molecular weight excluding hydrogens is 483 g/mol. The van der Waals surface area contributed by atoms with Crippen LogP contribution >= 0.6 is 0 Å². The lowest BCUT2D eigenvalue weighted by molar-refractivity contribution is -0.137. The van der Waals surface area contributed by atoms with Gasteiger partial charge in [0.1, 0.15) is 5.69 Å². The van der Waals surface area contributed by atoms with Gasteiger partial charge in [-0.15, -0.1) is 0 Å². The number of hydrogen-bond donors (Lipinski definition) is 1. The number of aromatic nitrogens is 2. The van der Waals surface area contributed by atoms with Gasteiger partial charge in [-0.1, -0.05) is 18.2 Å². The molecular formula is C25H23F5N4O2. The van der Waals surface area contributed by atoms with Gasteiger partial charge < -0.3 is 15.0 Å². The lowest BCUT2D eigenvalue weighted by atomic mass is 9.99. The van der Waals surface area contributed by atoms with E-state index < -0.39 is 29.3 Å². The van der Waals surface area contributed by atoms with Crippen LogP contribution in [0.3, 0.4) is 0 Å². The number of amides is 1. The average molecular weight is 506 g/mol. The quantitative estimate of drug-likeness (QED) is 0.446. The van der Waals surface area contributed by atoms with Gasteiger partial charge in [-0.2, -0.15) is 22.0 Å². The molecule has 0 unspecified atom stereocenters. The number of hydrogen-bond acceptors (Lipinski definition) is 5. The third-order valence-corrected chi connectivity index (χ3v) is 5.66. The van der Waals surface area contributed by atoms with Gasteiger partial charge in [-0.05, 0) is 36.2 Å². The number of carbonyl (C=O) groups excluding carboxylic acids is 1. The molecule has 1 saturated heterocycles. The maximum absolute atomic E-state index is 13.6. The van der Waals surface area contributed by atoms with E-state index in [0.717, 1.165) is 18.3 Å². The summed E-state index contributed by atoms with van der Waals surface area (Å²) < 4.78 is 73.2. The van der Waals surface area contributed by atoms with E-state index in [1.54, 1.807) is 0 Å². The highest BCUT2D eigenvalue weighted by Gasteiger charge is 2.34. The summed E-state index contributed by atoms with van der Waals surface area (Å²) >= 11 is 0. The second kappa shape index (κ2) is 10.2. The second-order valence-corrected chi connectivity index (χ2v) is 8.36. The van der Waals surface area contributed by atoms with Gasteiger partial charge in [-0.3, -0.25) is 9.78 Å². The molecule has 36 heavy (non-hydrogen) atoms. The Bertz CT molecular complexity index is 1220. The number of halogens is 5. The lowest BCUT2D eigenvalue weighted by Crippen LogP contribution is -2.29. The number of rotatable bonds is 5. The molecule has 0 atom stereocenters. The highest BCUT2D eigenvalue weighted by molar-refractivity contribution is 6.07. The fraction of sp³-hybridized carbons (Fsp3) is 0.320. The molecule has 1 N–H and O–H groups in total. The van der Waals surface area contributed by atoms with E-state index in [1.807, 2.05) is 4.90 Å². The number of ether oxygens (including phenoxy) is 1. The van der Waals surface area contributed by atoms with Crippen LogP contribution in [-0.4, -0.2) is 42.2 Å². The molecule has 1 aromatic carbocycles. The summed E-state index contributed by atoms with van der Waals surface area (Å²) in [6.07, 6.45) is -1.59. The molecule has 1 fully saturated rings. The van der Waals surface area contributed by atoms with E-state index in [0.29, 0.717) is 45.3 Å². The third-order valence-electron chi connectivity index (χ3n) is 5.66. The van der Waals surface area contributed by atoms with Crippen molar-refractivity contribution in [3.63, 3.8) is 0 Å². The highest BCUT2D eigenvalue weighted by Crippen LogP contribution is 2.38. The number of benzene rings is 1. The molecule has 1 aliphatic heterocycles. The lowest BCUT2D eigenvalue weighted by Gasteiger charge is -2.25. The largest absolute Gasteiger partial charge is 0.417 e. The molecule has 3 heterocycles. The number of nitrogens with one attached hydrogen (secondary N) is 1. The van der Waals surface area contributed by atoms with Gasteiger partial charge in [0.25, 0.3) is 11.8 Å². The minimum Gasteiger partial charge on any atom is -0.380 e. The smallest absolute Gasteiger partial charge is 0.380 e. The van der Waals surface area contributed by atoms with Crippen molar-refractivity contribution in [2.24, 2.45) is 0 Å². The number of anilines is 2. The molecule has 2 aromatic heterocycles. The Labute approximate surface area is 204 Å². The zero-order chi connectivity index (χ0) is 25.9. The van der Waals surface area contributed by atoms with Crippen LogP contribution in [0.5, 0.6) is 0 Å². The van der Waals surface area contributed by atoms with E-state index >= 15 is 0 Å². The number of nitrogens with zero attached hydrogens (tertiary/aromatic N) is 3. The molecule has 0 aliphatic carbocycles. The summed E-state index contributed by atoms with van der Waals surface area (Å²) in [5.41, 5.74) is -0.615. The van der Waals surface area contributed by atoms with Gasteiger partial charge in [0.15, 0.2) is 5.69 Å². The van der Waals surface area contributed by atoms with Crippen LogP contribution in [0.25, 0.3) is 11.1 Å². The number of carbonyl (C=O) groups is 1. The zero-order valence-electron chi connectivity index (χ0n) is 19.3. The molecule has 6 nitrogen and oxygen atoms in total. The van der Waals surface area contributed by atoms with Crippen LogP contribution in [0.1, 0.15) is 35.1 Å². The van der Waals surface area contributed by atoms with E-state index in [-0.39, 0.29) is 22.5 Å². The van der Waals surface area contributed by atoms with Crippen molar-refractivity contribution >= 4 is 17.3 Å². The van der Waals surface area contributed by atoms with Gasteiger partial charge in [0.2, 0.25) is 0 Å². The Balaban J connectivity index is 1.72. The van der Waals surface area contributed by atoms with Crippen molar-refractivity contribution in [3.8, 4) is 11.1 Å². The Morgan fingerprint density at radius 2 is 1.78 bits per heavy atom. The maximum atomic E-state index is 13.6. The monoisotopic (exact) mass is 506 g/mol. The molecule has 4 rings (SSSR count). The normalized spacial score (nSPS) is 14.9. The Morgan fingerprint density at radius 3 is 2.47 bits per heavy atom. The molecule has 3 aromatic rings. The molecule has 0 bridgehead atoms.